The molecule has 1 atom stereocenters. The summed E-state index contributed by atoms with van der Waals surface area (Å²) in [6, 6.07) is 1.61. The van der Waals surface area contributed by atoms with Crippen LogP contribution in [0.5, 0.6) is 0 Å². The van der Waals surface area contributed by atoms with Crippen molar-refractivity contribution in [2.24, 2.45) is 0 Å². The number of halogens is 1. The molecule has 96 valence electrons. The standard InChI is InChI=1S/C10H15ClN2O2S2/c1-7-5-8(16-9(7)11)17(14,15)13-10(2)3-4-12-6-10/h5,12-13H,3-4,6H2,1-2H3. The number of nitrogens with one attached hydrogen (secondary N) is 2. The van der Waals surface area contributed by atoms with E-state index in [9.17, 15) is 8.42 Å². The van der Waals surface area contributed by atoms with E-state index < -0.39 is 15.6 Å². The number of sulfonamides is 1. The molecule has 1 aromatic rings. The van der Waals surface area contributed by atoms with Gasteiger partial charge in [-0.25, -0.2) is 13.1 Å². The maximum Gasteiger partial charge on any atom is 0.250 e. The number of hydrogen-bond donors (Lipinski definition) is 2. The fourth-order valence-electron chi connectivity index (χ4n) is 1.84. The summed E-state index contributed by atoms with van der Waals surface area (Å²) in [5, 5.41) is 3.15. The van der Waals surface area contributed by atoms with Gasteiger partial charge in [-0.15, -0.1) is 11.3 Å². The third-order valence-corrected chi connectivity index (χ3v) is 6.52. The Hall–Kier alpha value is -0.140. The number of thiophene rings is 1. The van der Waals surface area contributed by atoms with Crippen molar-refractivity contribution in [1.82, 2.24) is 10.0 Å². The SMILES string of the molecule is Cc1cc(S(=O)(=O)NC2(C)CCNC2)sc1Cl. The molecule has 0 bridgehead atoms. The third kappa shape index (κ3) is 2.82. The molecule has 1 fully saturated rings. The summed E-state index contributed by atoms with van der Waals surface area (Å²) in [6.45, 7) is 5.21. The first-order valence-electron chi connectivity index (χ1n) is 5.33. The largest absolute Gasteiger partial charge is 0.315 e. The van der Waals surface area contributed by atoms with Crippen LogP contribution in [-0.4, -0.2) is 27.0 Å². The van der Waals surface area contributed by atoms with Gasteiger partial charge in [-0.3, -0.25) is 0 Å². The number of rotatable bonds is 3. The van der Waals surface area contributed by atoms with Gasteiger partial charge in [-0.2, -0.15) is 0 Å². The molecule has 1 unspecified atom stereocenters. The van der Waals surface area contributed by atoms with E-state index in [0.717, 1.165) is 29.9 Å². The second-order valence-electron chi connectivity index (χ2n) is 4.62. The van der Waals surface area contributed by atoms with E-state index >= 15 is 0 Å². The van der Waals surface area contributed by atoms with Crippen molar-refractivity contribution in [3.63, 3.8) is 0 Å². The third-order valence-electron chi connectivity index (χ3n) is 2.85. The highest BCUT2D eigenvalue weighted by atomic mass is 35.5. The summed E-state index contributed by atoms with van der Waals surface area (Å²) in [6.07, 6.45) is 0.796. The maximum atomic E-state index is 12.2. The van der Waals surface area contributed by atoms with E-state index in [-0.39, 0.29) is 4.21 Å². The zero-order valence-corrected chi connectivity index (χ0v) is 12.1. The van der Waals surface area contributed by atoms with Gasteiger partial charge in [0.2, 0.25) is 0 Å². The first-order valence-corrected chi connectivity index (χ1v) is 8.01. The maximum absolute atomic E-state index is 12.2. The summed E-state index contributed by atoms with van der Waals surface area (Å²) in [7, 11) is -3.46. The highest BCUT2D eigenvalue weighted by molar-refractivity contribution is 7.91. The van der Waals surface area contributed by atoms with Gasteiger partial charge in [0, 0.05) is 12.1 Å². The predicted octanol–water partition coefficient (Wildman–Crippen LogP) is 1.74. The smallest absolute Gasteiger partial charge is 0.250 e. The van der Waals surface area contributed by atoms with E-state index in [1.165, 1.54) is 0 Å². The molecule has 7 heteroatoms. The Bertz CT molecular complexity index is 499. The molecule has 0 radical (unpaired) electrons. The van der Waals surface area contributed by atoms with Crippen molar-refractivity contribution >= 4 is 33.0 Å². The van der Waals surface area contributed by atoms with E-state index in [2.05, 4.69) is 10.0 Å². The minimum Gasteiger partial charge on any atom is -0.315 e. The van der Waals surface area contributed by atoms with Crippen LogP contribution in [0.1, 0.15) is 18.9 Å². The highest BCUT2D eigenvalue weighted by Gasteiger charge is 2.34. The molecule has 2 heterocycles. The van der Waals surface area contributed by atoms with Crippen LogP contribution in [0.4, 0.5) is 0 Å². The topological polar surface area (TPSA) is 58.2 Å². The van der Waals surface area contributed by atoms with Crippen molar-refractivity contribution in [2.75, 3.05) is 13.1 Å². The fraction of sp³-hybridized carbons (Fsp3) is 0.600. The van der Waals surface area contributed by atoms with Crippen molar-refractivity contribution in [1.29, 1.82) is 0 Å². The monoisotopic (exact) mass is 294 g/mol. The average molecular weight is 295 g/mol. The molecule has 0 saturated carbocycles. The predicted molar refractivity (Wildman–Crippen MR) is 70.3 cm³/mol. The van der Waals surface area contributed by atoms with E-state index in [4.69, 9.17) is 11.6 Å². The Morgan fingerprint density at radius 3 is 2.76 bits per heavy atom. The Kier molecular flexibility index (Phi) is 3.53. The van der Waals surface area contributed by atoms with E-state index in [0.29, 0.717) is 10.9 Å². The van der Waals surface area contributed by atoms with Gasteiger partial charge < -0.3 is 5.32 Å². The molecule has 2 rings (SSSR count). The molecule has 4 nitrogen and oxygen atoms in total. The van der Waals surface area contributed by atoms with Crippen LogP contribution in [0, 0.1) is 6.92 Å². The molecular formula is C10H15ClN2O2S2. The molecule has 17 heavy (non-hydrogen) atoms. The Morgan fingerprint density at radius 2 is 2.29 bits per heavy atom. The molecule has 0 amide bonds. The van der Waals surface area contributed by atoms with Gasteiger partial charge in [0.05, 0.1) is 4.34 Å². The Morgan fingerprint density at radius 1 is 1.59 bits per heavy atom. The van der Waals surface area contributed by atoms with Crippen LogP contribution in [0.15, 0.2) is 10.3 Å². The van der Waals surface area contributed by atoms with Crippen LogP contribution >= 0.6 is 22.9 Å². The van der Waals surface area contributed by atoms with Gasteiger partial charge in [0.25, 0.3) is 10.0 Å². The molecule has 0 spiro atoms. The second kappa shape index (κ2) is 4.51. The van der Waals surface area contributed by atoms with Crippen LogP contribution in [0.3, 0.4) is 0 Å². The fourth-order valence-corrected chi connectivity index (χ4v) is 4.99. The molecule has 0 aliphatic carbocycles. The first-order chi connectivity index (χ1) is 7.82. The number of aryl methyl sites for hydroxylation is 1. The molecule has 1 aliphatic heterocycles. The summed E-state index contributed by atoms with van der Waals surface area (Å²) in [5.74, 6) is 0. The zero-order valence-electron chi connectivity index (χ0n) is 9.71. The van der Waals surface area contributed by atoms with Crippen molar-refractivity contribution in [3.05, 3.63) is 16.0 Å². The van der Waals surface area contributed by atoms with Gasteiger partial charge in [0.15, 0.2) is 0 Å². The minimum atomic E-state index is -3.46. The normalized spacial score (nSPS) is 25.4. The zero-order chi connectivity index (χ0) is 12.7. The summed E-state index contributed by atoms with van der Waals surface area (Å²) < 4.78 is 27.9. The summed E-state index contributed by atoms with van der Waals surface area (Å²) in [5.41, 5.74) is 0.398. The van der Waals surface area contributed by atoms with E-state index in [1.807, 2.05) is 6.92 Å². The van der Waals surface area contributed by atoms with Gasteiger partial charge >= 0.3 is 0 Å². The number of hydrogen-bond acceptors (Lipinski definition) is 4. The van der Waals surface area contributed by atoms with E-state index in [1.54, 1.807) is 13.0 Å². The summed E-state index contributed by atoms with van der Waals surface area (Å²) >= 11 is 7.00. The molecule has 1 aliphatic rings. The Labute approximate surface area is 110 Å². The second-order valence-corrected chi connectivity index (χ2v) is 8.18. The Balaban J connectivity index is 2.24. The minimum absolute atomic E-state index is 0.285. The van der Waals surface area contributed by atoms with Gasteiger partial charge in [-0.05, 0) is 38.4 Å². The van der Waals surface area contributed by atoms with Crippen LogP contribution in [0.2, 0.25) is 4.34 Å². The summed E-state index contributed by atoms with van der Waals surface area (Å²) in [4.78, 5) is 0. The lowest BCUT2D eigenvalue weighted by Crippen LogP contribution is -2.47. The van der Waals surface area contributed by atoms with Gasteiger partial charge in [0.1, 0.15) is 4.21 Å². The lowest BCUT2D eigenvalue weighted by molar-refractivity contribution is 0.452. The average Bonchev–Trinajstić information content (AvgIpc) is 2.74. The molecule has 1 aromatic heterocycles. The van der Waals surface area contributed by atoms with Crippen molar-refractivity contribution < 1.29 is 8.42 Å². The highest BCUT2D eigenvalue weighted by Crippen LogP contribution is 2.31. The lowest BCUT2D eigenvalue weighted by Gasteiger charge is -2.23. The molecular weight excluding hydrogens is 280 g/mol. The first kappa shape index (κ1) is 13.3. The van der Waals surface area contributed by atoms with Crippen molar-refractivity contribution in [2.45, 2.75) is 30.0 Å². The van der Waals surface area contributed by atoms with Crippen LogP contribution in [-0.2, 0) is 10.0 Å². The van der Waals surface area contributed by atoms with Crippen LogP contribution in [0.25, 0.3) is 0 Å². The molecule has 0 aromatic carbocycles. The van der Waals surface area contributed by atoms with Gasteiger partial charge in [-0.1, -0.05) is 11.6 Å². The molecule has 1 saturated heterocycles. The van der Waals surface area contributed by atoms with Crippen molar-refractivity contribution in [3.8, 4) is 0 Å². The lowest BCUT2D eigenvalue weighted by atomic mass is 10.0. The molecule has 2 N–H and O–H groups in total. The quantitative estimate of drug-likeness (QED) is 0.893. The van der Waals surface area contributed by atoms with Crippen LogP contribution < -0.4 is 10.0 Å².